The van der Waals surface area contributed by atoms with Crippen LogP contribution in [0.3, 0.4) is 0 Å². The number of amides is 1. The predicted molar refractivity (Wildman–Crippen MR) is 76.0 cm³/mol. The highest BCUT2D eigenvalue weighted by molar-refractivity contribution is 9.10. The van der Waals surface area contributed by atoms with Crippen molar-refractivity contribution in [3.8, 4) is 0 Å². The summed E-state index contributed by atoms with van der Waals surface area (Å²) in [6.45, 7) is 4.62. The van der Waals surface area contributed by atoms with E-state index in [0.29, 0.717) is 0 Å². The van der Waals surface area contributed by atoms with Crippen LogP contribution in [-0.4, -0.2) is 23.7 Å². The van der Waals surface area contributed by atoms with Gasteiger partial charge >= 0.3 is 0 Å². The molecule has 3 heterocycles. The number of nitrogens with zero attached hydrogens (tertiary/aromatic N) is 2. The Morgan fingerprint density at radius 3 is 2.95 bits per heavy atom. The molecule has 0 N–H and O–H groups in total. The number of carbonyl (C=O) groups excluding carboxylic acids is 1. The molecule has 2 aliphatic rings. The van der Waals surface area contributed by atoms with Crippen molar-refractivity contribution in [1.29, 1.82) is 0 Å². The molecule has 3 rings (SSSR count). The Morgan fingerprint density at radius 2 is 2.26 bits per heavy atom. The molecule has 102 valence electrons. The SMILES string of the molecule is CC1(C)C(=O)N(C2CCCCO2)c2nccc(Br)c21. The zero-order chi connectivity index (χ0) is 13.6. The van der Waals surface area contributed by atoms with Crippen molar-refractivity contribution in [2.24, 2.45) is 0 Å². The molecule has 1 aromatic heterocycles. The van der Waals surface area contributed by atoms with Crippen LogP contribution in [0.4, 0.5) is 5.82 Å². The van der Waals surface area contributed by atoms with Crippen molar-refractivity contribution in [2.75, 3.05) is 11.5 Å². The first-order valence-corrected chi connectivity index (χ1v) is 7.43. The molecule has 5 heteroatoms. The van der Waals surface area contributed by atoms with Gasteiger partial charge in [-0.3, -0.25) is 9.69 Å². The lowest BCUT2D eigenvalue weighted by Gasteiger charge is -2.31. The lowest BCUT2D eigenvalue weighted by molar-refractivity contribution is -0.125. The highest BCUT2D eigenvalue weighted by Crippen LogP contribution is 2.45. The van der Waals surface area contributed by atoms with Gasteiger partial charge in [-0.15, -0.1) is 0 Å². The number of rotatable bonds is 1. The van der Waals surface area contributed by atoms with Gasteiger partial charge < -0.3 is 4.74 Å². The summed E-state index contributed by atoms with van der Waals surface area (Å²) < 4.78 is 6.71. The first kappa shape index (κ1) is 13.1. The molecule has 0 bridgehead atoms. The molecule has 1 fully saturated rings. The maximum absolute atomic E-state index is 12.7. The molecular formula is C14H17BrN2O2. The summed E-state index contributed by atoms with van der Waals surface area (Å²) in [6.07, 6.45) is 4.62. The quantitative estimate of drug-likeness (QED) is 0.797. The lowest BCUT2D eigenvalue weighted by Crippen LogP contribution is -2.45. The van der Waals surface area contributed by atoms with Gasteiger partial charge in [-0.25, -0.2) is 4.98 Å². The second-order valence-electron chi connectivity index (χ2n) is 5.61. The summed E-state index contributed by atoms with van der Waals surface area (Å²) in [7, 11) is 0. The third-order valence-corrected chi connectivity index (χ3v) is 4.59. The number of ether oxygens (including phenoxy) is 1. The second-order valence-corrected chi connectivity index (χ2v) is 6.47. The Hall–Kier alpha value is -0.940. The van der Waals surface area contributed by atoms with Gasteiger partial charge in [0.25, 0.3) is 0 Å². The van der Waals surface area contributed by atoms with Crippen LogP contribution in [0.1, 0.15) is 38.7 Å². The summed E-state index contributed by atoms with van der Waals surface area (Å²) in [5.41, 5.74) is 0.414. The van der Waals surface area contributed by atoms with Gasteiger partial charge in [0.1, 0.15) is 12.0 Å². The van der Waals surface area contributed by atoms with Crippen LogP contribution in [0.25, 0.3) is 0 Å². The van der Waals surface area contributed by atoms with E-state index < -0.39 is 5.41 Å². The van der Waals surface area contributed by atoms with Gasteiger partial charge in [0.05, 0.1) is 5.41 Å². The van der Waals surface area contributed by atoms with E-state index in [1.54, 1.807) is 11.1 Å². The third kappa shape index (κ3) is 1.91. The number of pyridine rings is 1. The number of hydrogen-bond donors (Lipinski definition) is 0. The van der Waals surface area contributed by atoms with Crippen LogP contribution < -0.4 is 4.90 Å². The number of carbonyl (C=O) groups is 1. The van der Waals surface area contributed by atoms with Gasteiger partial charge in [-0.2, -0.15) is 0 Å². The Labute approximate surface area is 121 Å². The summed E-state index contributed by atoms with van der Waals surface area (Å²) >= 11 is 3.54. The second kappa shape index (κ2) is 4.56. The Morgan fingerprint density at radius 1 is 1.47 bits per heavy atom. The van der Waals surface area contributed by atoms with Crippen molar-refractivity contribution in [3.63, 3.8) is 0 Å². The number of anilines is 1. The molecule has 0 radical (unpaired) electrons. The van der Waals surface area contributed by atoms with E-state index in [1.807, 2.05) is 19.9 Å². The van der Waals surface area contributed by atoms with E-state index in [-0.39, 0.29) is 12.1 Å². The van der Waals surface area contributed by atoms with Gasteiger partial charge in [-0.05, 0) is 39.2 Å². The van der Waals surface area contributed by atoms with E-state index in [2.05, 4.69) is 20.9 Å². The van der Waals surface area contributed by atoms with E-state index in [4.69, 9.17) is 4.74 Å². The lowest BCUT2D eigenvalue weighted by atomic mass is 9.87. The normalized spacial score (nSPS) is 25.5. The minimum atomic E-state index is -0.552. The molecule has 0 aliphatic carbocycles. The van der Waals surface area contributed by atoms with Crippen molar-refractivity contribution >= 4 is 27.7 Å². The third-order valence-electron chi connectivity index (χ3n) is 3.93. The molecule has 1 unspecified atom stereocenters. The van der Waals surface area contributed by atoms with Gasteiger partial charge in [-0.1, -0.05) is 15.9 Å². The zero-order valence-electron chi connectivity index (χ0n) is 11.1. The monoisotopic (exact) mass is 324 g/mol. The standard InChI is InChI=1S/C14H17BrN2O2/c1-14(2)11-9(15)6-7-16-12(11)17(13(14)18)10-5-3-4-8-19-10/h6-7,10H,3-5,8H2,1-2H3. The molecule has 1 amide bonds. The Bertz CT molecular complexity index is 524. The summed E-state index contributed by atoms with van der Waals surface area (Å²) in [5, 5.41) is 0. The highest BCUT2D eigenvalue weighted by atomic mass is 79.9. The van der Waals surface area contributed by atoms with Crippen LogP contribution in [-0.2, 0) is 14.9 Å². The van der Waals surface area contributed by atoms with E-state index in [1.165, 1.54) is 0 Å². The molecule has 1 saturated heterocycles. The Kier molecular flexibility index (Phi) is 3.14. The minimum absolute atomic E-state index is 0.0776. The molecule has 1 atom stereocenters. The molecule has 1 aromatic rings. The van der Waals surface area contributed by atoms with Gasteiger partial charge in [0, 0.05) is 22.8 Å². The smallest absolute Gasteiger partial charge is 0.240 e. The number of halogens is 1. The summed E-state index contributed by atoms with van der Waals surface area (Å²) in [5.74, 6) is 0.824. The van der Waals surface area contributed by atoms with Crippen LogP contribution in [0.5, 0.6) is 0 Å². The fourth-order valence-corrected chi connectivity index (χ4v) is 3.68. The van der Waals surface area contributed by atoms with Crippen LogP contribution in [0, 0.1) is 0 Å². The van der Waals surface area contributed by atoms with Crippen molar-refractivity contribution < 1.29 is 9.53 Å². The zero-order valence-corrected chi connectivity index (χ0v) is 12.7. The largest absolute Gasteiger partial charge is 0.358 e. The highest BCUT2D eigenvalue weighted by Gasteiger charge is 2.49. The molecular weight excluding hydrogens is 308 g/mol. The van der Waals surface area contributed by atoms with E-state index in [0.717, 1.165) is 41.7 Å². The van der Waals surface area contributed by atoms with E-state index >= 15 is 0 Å². The fourth-order valence-electron chi connectivity index (χ4n) is 2.89. The minimum Gasteiger partial charge on any atom is -0.358 e. The van der Waals surface area contributed by atoms with Gasteiger partial charge in [0.2, 0.25) is 5.91 Å². The summed E-state index contributed by atoms with van der Waals surface area (Å²) in [4.78, 5) is 18.9. The van der Waals surface area contributed by atoms with Crippen molar-refractivity contribution in [2.45, 2.75) is 44.8 Å². The van der Waals surface area contributed by atoms with Gasteiger partial charge in [0.15, 0.2) is 0 Å². The van der Waals surface area contributed by atoms with Crippen LogP contribution in [0.15, 0.2) is 16.7 Å². The topological polar surface area (TPSA) is 42.4 Å². The Balaban J connectivity index is 2.08. The average molecular weight is 325 g/mol. The first-order valence-electron chi connectivity index (χ1n) is 6.63. The van der Waals surface area contributed by atoms with Crippen molar-refractivity contribution in [1.82, 2.24) is 4.98 Å². The molecule has 0 aromatic carbocycles. The summed E-state index contributed by atoms with van der Waals surface area (Å²) in [6, 6.07) is 1.89. The van der Waals surface area contributed by atoms with E-state index in [9.17, 15) is 4.79 Å². The first-order chi connectivity index (χ1) is 9.03. The molecule has 2 aliphatic heterocycles. The number of aromatic nitrogens is 1. The molecule has 0 saturated carbocycles. The maximum Gasteiger partial charge on any atom is 0.240 e. The van der Waals surface area contributed by atoms with Crippen molar-refractivity contribution in [3.05, 3.63) is 22.3 Å². The predicted octanol–water partition coefficient (Wildman–Crippen LogP) is 2.99. The average Bonchev–Trinajstić information content (AvgIpc) is 2.60. The van der Waals surface area contributed by atoms with Crippen LogP contribution >= 0.6 is 15.9 Å². The molecule has 4 nitrogen and oxygen atoms in total. The molecule has 19 heavy (non-hydrogen) atoms. The number of fused-ring (bicyclic) bond motifs is 1. The fraction of sp³-hybridized carbons (Fsp3) is 0.571. The van der Waals surface area contributed by atoms with Crippen LogP contribution in [0.2, 0.25) is 0 Å². The number of hydrogen-bond acceptors (Lipinski definition) is 3. The maximum atomic E-state index is 12.7. The molecule has 0 spiro atoms.